The highest BCUT2D eigenvalue weighted by molar-refractivity contribution is 7.99. The maximum absolute atomic E-state index is 4.45. The van der Waals surface area contributed by atoms with Gasteiger partial charge < -0.3 is 0 Å². The van der Waals surface area contributed by atoms with Crippen molar-refractivity contribution in [1.29, 1.82) is 0 Å². The first-order valence-corrected chi connectivity index (χ1v) is 6.01. The summed E-state index contributed by atoms with van der Waals surface area (Å²) >= 11 is 1.78. The molecule has 1 aromatic heterocycles. The lowest BCUT2D eigenvalue weighted by molar-refractivity contribution is 0.951. The van der Waals surface area contributed by atoms with E-state index >= 15 is 0 Å². The maximum Gasteiger partial charge on any atom is 0.0960 e. The Labute approximate surface area is 88.9 Å². The lowest BCUT2D eigenvalue weighted by Crippen LogP contribution is -1.96. The standard InChI is InChI=1S/C11H14N2S/c1-2-14-11-6-5-9(8-13-11)10-4-3-7-12-10/h5-6,8H,2-4,7H2,1H3. The molecule has 0 unspecified atom stereocenters. The summed E-state index contributed by atoms with van der Waals surface area (Å²) in [7, 11) is 0. The van der Waals surface area contributed by atoms with Crippen molar-refractivity contribution in [1.82, 2.24) is 4.98 Å². The van der Waals surface area contributed by atoms with Crippen LogP contribution in [-0.2, 0) is 0 Å². The van der Waals surface area contributed by atoms with Gasteiger partial charge in [-0.3, -0.25) is 4.99 Å². The van der Waals surface area contributed by atoms with Crippen molar-refractivity contribution in [3.8, 4) is 0 Å². The van der Waals surface area contributed by atoms with Gasteiger partial charge in [0.25, 0.3) is 0 Å². The van der Waals surface area contributed by atoms with Crippen molar-refractivity contribution >= 4 is 17.5 Å². The normalized spacial score (nSPS) is 15.6. The Kier molecular flexibility index (Phi) is 3.19. The van der Waals surface area contributed by atoms with Gasteiger partial charge in [0, 0.05) is 24.0 Å². The van der Waals surface area contributed by atoms with Crippen LogP contribution in [0.4, 0.5) is 0 Å². The summed E-state index contributed by atoms with van der Waals surface area (Å²) in [4.78, 5) is 8.85. The van der Waals surface area contributed by atoms with Crippen LogP contribution in [0.1, 0.15) is 25.3 Å². The molecule has 3 heteroatoms. The molecule has 0 N–H and O–H groups in total. The molecule has 0 saturated carbocycles. The van der Waals surface area contributed by atoms with E-state index < -0.39 is 0 Å². The minimum Gasteiger partial charge on any atom is -0.289 e. The Hall–Kier alpha value is -0.830. The van der Waals surface area contributed by atoms with Crippen LogP contribution in [0.25, 0.3) is 0 Å². The molecule has 1 aliphatic heterocycles. The van der Waals surface area contributed by atoms with E-state index in [1.54, 1.807) is 11.8 Å². The van der Waals surface area contributed by atoms with Gasteiger partial charge in [-0.25, -0.2) is 4.98 Å². The molecule has 0 radical (unpaired) electrons. The van der Waals surface area contributed by atoms with Crippen LogP contribution in [-0.4, -0.2) is 23.0 Å². The van der Waals surface area contributed by atoms with Gasteiger partial charge >= 0.3 is 0 Å². The van der Waals surface area contributed by atoms with E-state index in [4.69, 9.17) is 0 Å². The molecular weight excluding hydrogens is 192 g/mol. The van der Waals surface area contributed by atoms with E-state index in [2.05, 4.69) is 29.0 Å². The summed E-state index contributed by atoms with van der Waals surface area (Å²) < 4.78 is 0. The zero-order valence-electron chi connectivity index (χ0n) is 8.36. The number of hydrogen-bond acceptors (Lipinski definition) is 3. The molecule has 1 aliphatic rings. The molecule has 0 aromatic carbocycles. The minimum absolute atomic E-state index is 0.987. The molecule has 74 valence electrons. The second-order valence-corrected chi connectivity index (χ2v) is 4.53. The van der Waals surface area contributed by atoms with Crippen LogP contribution in [0.2, 0.25) is 0 Å². The Morgan fingerprint density at radius 2 is 2.36 bits per heavy atom. The molecule has 0 bridgehead atoms. The molecule has 0 amide bonds. The fourth-order valence-corrected chi connectivity index (χ4v) is 2.15. The number of hydrogen-bond donors (Lipinski definition) is 0. The van der Waals surface area contributed by atoms with E-state index in [1.165, 1.54) is 17.7 Å². The van der Waals surface area contributed by atoms with Crippen LogP contribution >= 0.6 is 11.8 Å². The molecule has 0 spiro atoms. The lowest BCUT2D eigenvalue weighted by atomic mass is 10.1. The summed E-state index contributed by atoms with van der Waals surface area (Å²) in [6.07, 6.45) is 4.25. The van der Waals surface area contributed by atoms with Gasteiger partial charge in [0.15, 0.2) is 0 Å². The van der Waals surface area contributed by atoms with Crippen LogP contribution in [0.15, 0.2) is 28.3 Å². The SMILES string of the molecule is CCSc1ccc(C2=NCCC2)cn1. The van der Waals surface area contributed by atoms with Gasteiger partial charge in [-0.2, -0.15) is 0 Å². The molecule has 0 fully saturated rings. The Bertz CT molecular complexity index is 330. The van der Waals surface area contributed by atoms with E-state index in [0.717, 1.165) is 23.7 Å². The van der Waals surface area contributed by atoms with Gasteiger partial charge in [-0.05, 0) is 30.7 Å². The van der Waals surface area contributed by atoms with Crippen LogP contribution in [0, 0.1) is 0 Å². The quantitative estimate of drug-likeness (QED) is 0.710. The predicted molar refractivity (Wildman–Crippen MR) is 61.3 cm³/mol. The summed E-state index contributed by atoms with van der Waals surface area (Å²) in [5.41, 5.74) is 2.42. The number of pyridine rings is 1. The van der Waals surface area contributed by atoms with Crippen molar-refractivity contribution in [2.75, 3.05) is 12.3 Å². The highest BCUT2D eigenvalue weighted by atomic mass is 32.2. The zero-order chi connectivity index (χ0) is 9.80. The van der Waals surface area contributed by atoms with Crippen molar-refractivity contribution in [3.05, 3.63) is 23.9 Å². The van der Waals surface area contributed by atoms with Gasteiger partial charge in [0.1, 0.15) is 0 Å². The summed E-state index contributed by atoms with van der Waals surface area (Å²) in [5, 5.41) is 1.11. The number of aliphatic imine (C=N–C) groups is 1. The molecule has 0 aliphatic carbocycles. The molecule has 14 heavy (non-hydrogen) atoms. The first-order valence-electron chi connectivity index (χ1n) is 5.02. The average Bonchev–Trinajstić information content (AvgIpc) is 2.72. The van der Waals surface area contributed by atoms with Crippen LogP contribution < -0.4 is 0 Å². The first kappa shape index (κ1) is 9.71. The lowest BCUT2D eigenvalue weighted by Gasteiger charge is -2.01. The third kappa shape index (κ3) is 2.15. The van der Waals surface area contributed by atoms with Crippen molar-refractivity contribution < 1.29 is 0 Å². The average molecular weight is 206 g/mol. The second kappa shape index (κ2) is 4.60. The highest BCUT2D eigenvalue weighted by Gasteiger charge is 2.08. The fraction of sp³-hybridized carbons (Fsp3) is 0.455. The predicted octanol–water partition coefficient (Wildman–Crippen LogP) is 2.78. The topological polar surface area (TPSA) is 25.2 Å². The molecule has 1 aromatic rings. The zero-order valence-corrected chi connectivity index (χ0v) is 9.18. The highest BCUT2D eigenvalue weighted by Crippen LogP contribution is 2.17. The second-order valence-electron chi connectivity index (χ2n) is 3.25. The van der Waals surface area contributed by atoms with Crippen molar-refractivity contribution in [2.24, 2.45) is 4.99 Å². The minimum atomic E-state index is 0.987. The first-order chi connectivity index (χ1) is 6.90. The molecule has 2 heterocycles. The van der Waals surface area contributed by atoms with Crippen LogP contribution in [0.3, 0.4) is 0 Å². The van der Waals surface area contributed by atoms with E-state index in [-0.39, 0.29) is 0 Å². The number of rotatable bonds is 3. The summed E-state index contributed by atoms with van der Waals surface area (Å²) in [6, 6.07) is 4.22. The summed E-state index contributed by atoms with van der Waals surface area (Å²) in [6.45, 7) is 3.13. The molecule has 2 nitrogen and oxygen atoms in total. The molecule has 0 saturated heterocycles. The van der Waals surface area contributed by atoms with Crippen LogP contribution in [0.5, 0.6) is 0 Å². The number of thioether (sulfide) groups is 1. The van der Waals surface area contributed by atoms with E-state index in [9.17, 15) is 0 Å². The Morgan fingerprint density at radius 1 is 1.43 bits per heavy atom. The van der Waals surface area contributed by atoms with Crippen molar-refractivity contribution in [3.63, 3.8) is 0 Å². The molecular formula is C11H14N2S. The fourth-order valence-electron chi connectivity index (χ4n) is 1.56. The number of aromatic nitrogens is 1. The van der Waals surface area contributed by atoms with E-state index in [0.29, 0.717) is 0 Å². The number of nitrogens with zero attached hydrogens (tertiary/aromatic N) is 2. The molecule has 2 rings (SSSR count). The van der Waals surface area contributed by atoms with Gasteiger partial charge in [0.2, 0.25) is 0 Å². The summed E-state index contributed by atoms with van der Waals surface area (Å²) in [5.74, 6) is 1.08. The Balaban J connectivity index is 2.13. The van der Waals surface area contributed by atoms with Crippen molar-refractivity contribution in [2.45, 2.75) is 24.8 Å². The van der Waals surface area contributed by atoms with Gasteiger partial charge in [0.05, 0.1) is 5.03 Å². The third-order valence-corrected chi connectivity index (χ3v) is 3.06. The Morgan fingerprint density at radius 3 is 2.93 bits per heavy atom. The van der Waals surface area contributed by atoms with Gasteiger partial charge in [-0.1, -0.05) is 6.92 Å². The maximum atomic E-state index is 4.45. The third-order valence-electron chi connectivity index (χ3n) is 2.24. The van der Waals surface area contributed by atoms with Gasteiger partial charge in [-0.15, -0.1) is 11.8 Å². The largest absolute Gasteiger partial charge is 0.289 e. The smallest absolute Gasteiger partial charge is 0.0960 e. The van der Waals surface area contributed by atoms with E-state index in [1.807, 2.05) is 6.20 Å². The monoisotopic (exact) mass is 206 g/mol. The molecule has 0 atom stereocenters.